The van der Waals surface area contributed by atoms with E-state index in [-0.39, 0.29) is 56.2 Å². The van der Waals surface area contributed by atoms with Crippen LogP contribution in [0.3, 0.4) is 0 Å². The van der Waals surface area contributed by atoms with Gasteiger partial charge in [0, 0.05) is 38.8 Å². The van der Waals surface area contributed by atoms with E-state index in [1.165, 1.54) is 19.3 Å². The van der Waals surface area contributed by atoms with Gasteiger partial charge in [0.25, 0.3) is 0 Å². The fraction of sp³-hybridized carbons (Fsp3) is 0.639. The van der Waals surface area contributed by atoms with Crippen molar-refractivity contribution in [3.05, 3.63) is 48.6 Å². The van der Waals surface area contributed by atoms with Gasteiger partial charge in [-0.05, 0) is 63.7 Å². The maximum Gasteiger partial charge on any atom is 0.328 e. The zero-order valence-corrected chi connectivity index (χ0v) is 29.0. The van der Waals surface area contributed by atoms with Crippen LogP contribution in [0, 0.1) is 5.92 Å². The number of aliphatic hydroxyl groups is 1. The SMILES string of the molecule is CC.C[C@@H](CO)CCCCC/C=C/C=C/C=C/CCCC(=O)CC/C=C/CC(=O)CCOC(=O)[C@@H]1CCCCN1C(=O)C(=O)SO. The maximum absolute atomic E-state index is 12.4. The molecule has 1 amide bonds. The summed E-state index contributed by atoms with van der Waals surface area (Å²) in [5, 5.41) is 7.97. The van der Waals surface area contributed by atoms with Gasteiger partial charge < -0.3 is 19.3 Å². The molecule has 1 saturated heterocycles. The Kier molecular flexibility index (Phi) is 27.8. The molecule has 0 aromatic heterocycles. The molecule has 0 saturated carbocycles. The molecule has 0 aliphatic carbocycles. The summed E-state index contributed by atoms with van der Waals surface area (Å²) in [7, 11) is 0. The number of ketones is 2. The molecular formula is C36H57NO8S. The molecule has 0 unspecified atom stereocenters. The van der Waals surface area contributed by atoms with Crippen molar-refractivity contribution >= 4 is 40.6 Å². The topological polar surface area (TPSA) is 138 Å². The molecule has 0 aromatic carbocycles. The predicted octanol–water partition coefficient (Wildman–Crippen LogP) is 7.34. The minimum Gasteiger partial charge on any atom is -0.464 e. The fourth-order valence-electron chi connectivity index (χ4n) is 4.66. The van der Waals surface area contributed by atoms with E-state index in [1.807, 2.05) is 38.2 Å². The molecule has 9 nitrogen and oxygen atoms in total. The van der Waals surface area contributed by atoms with Gasteiger partial charge in [-0.25, -0.2) is 4.79 Å². The van der Waals surface area contributed by atoms with Gasteiger partial charge in [-0.15, -0.1) is 0 Å². The highest BCUT2D eigenvalue weighted by atomic mass is 32.2. The maximum atomic E-state index is 12.4. The summed E-state index contributed by atoms with van der Waals surface area (Å²) in [5.41, 5.74) is 0. The van der Waals surface area contributed by atoms with Crippen LogP contribution in [0.1, 0.15) is 117 Å². The van der Waals surface area contributed by atoms with Crippen molar-refractivity contribution in [1.82, 2.24) is 4.90 Å². The van der Waals surface area contributed by atoms with Gasteiger partial charge >= 0.3 is 17.0 Å². The summed E-state index contributed by atoms with van der Waals surface area (Å²) in [5.74, 6) is -1.09. The van der Waals surface area contributed by atoms with Crippen molar-refractivity contribution in [2.45, 2.75) is 123 Å². The third-order valence-corrected chi connectivity index (χ3v) is 7.67. The molecule has 1 heterocycles. The number of allylic oxidation sites excluding steroid dienone is 8. The first-order valence-electron chi connectivity index (χ1n) is 16.9. The molecule has 2 atom stereocenters. The molecule has 0 bridgehead atoms. The molecule has 0 spiro atoms. The normalized spacial score (nSPS) is 15.8. The highest BCUT2D eigenvalue weighted by Crippen LogP contribution is 2.20. The van der Waals surface area contributed by atoms with Crippen LogP contribution < -0.4 is 0 Å². The van der Waals surface area contributed by atoms with Crippen molar-refractivity contribution in [1.29, 1.82) is 0 Å². The number of hydrogen-bond donors (Lipinski definition) is 2. The Bertz CT molecular complexity index is 1000. The number of likely N-dealkylation sites (tertiary alicyclic amines) is 1. The van der Waals surface area contributed by atoms with Crippen LogP contribution in [0.15, 0.2) is 48.6 Å². The molecule has 0 aromatic rings. The van der Waals surface area contributed by atoms with Gasteiger partial charge in [-0.3, -0.25) is 19.2 Å². The Labute approximate surface area is 280 Å². The molecule has 1 aliphatic rings. The molecule has 260 valence electrons. The van der Waals surface area contributed by atoms with E-state index in [1.54, 1.807) is 6.08 Å². The predicted molar refractivity (Wildman–Crippen MR) is 185 cm³/mol. The molecule has 1 rings (SSSR count). The average molecular weight is 664 g/mol. The summed E-state index contributed by atoms with van der Waals surface area (Å²) in [6.45, 7) is 6.47. The minimum absolute atomic E-state index is 0.0340. The highest BCUT2D eigenvalue weighted by Gasteiger charge is 2.36. The van der Waals surface area contributed by atoms with Crippen LogP contribution in [0.25, 0.3) is 0 Å². The fourth-order valence-corrected chi connectivity index (χ4v) is 4.86. The lowest BCUT2D eigenvalue weighted by Crippen LogP contribution is -2.50. The molecule has 46 heavy (non-hydrogen) atoms. The van der Waals surface area contributed by atoms with E-state index in [2.05, 4.69) is 25.2 Å². The van der Waals surface area contributed by atoms with Gasteiger partial charge in [0.1, 0.15) is 17.6 Å². The van der Waals surface area contributed by atoms with Crippen LogP contribution in [-0.4, -0.2) is 68.9 Å². The molecular weight excluding hydrogens is 606 g/mol. The quantitative estimate of drug-likeness (QED) is 0.0304. The zero-order chi connectivity index (χ0) is 34.4. The number of esters is 1. The number of unbranched alkanes of at least 4 members (excludes halogenated alkanes) is 4. The second kappa shape index (κ2) is 29.6. The Balaban J connectivity index is 0.00000991. The number of Topliss-reactive ketones (excluding diaryl/α,β-unsaturated/α-hetero) is 2. The summed E-state index contributed by atoms with van der Waals surface area (Å²) < 4.78 is 14.0. The van der Waals surface area contributed by atoms with Gasteiger partial charge in [0.05, 0.1) is 18.6 Å². The third kappa shape index (κ3) is 21.8. The Hall–Kier alpha value is -2.82. The molecule has 1 fully saturated rings. The molecule has 2 N–H and O–H groups in total. The van der Waals surface area contributed by atoms with Gasteiger partial charge in [-0.2, -0.15) is 0 Å². The van der Waals surface area contributed by atoms with Crippen molar-refractivity contribution in [2.24, 2.45) is 5.92 Å². The van der Waals surface area contributed by atoms with Gasteiger partial charge in [0.15, 0.2) is 0 Å². The third-order valence-electron chi connectivity index (χ3n) is 7.33. The number of carbonyl (C=O) groups excluding carboxylic acids is 5. The van der Waals surface area contributed by atoms with E-state index in [0.717, 1.165) is 30.6 Å². The van der Waals surface area contributed by atoms with Crippen molar-refractivity contribution in [3.63, 3.8) is 0 Å². The first kappa shape index (κ1) is 43.2. The second-order valence-electron chi connectivity index (χ2n) is 11.2. The van der Waals surface area contributed by atoms with Crippen molar-refractivity contribution in [2.75, 3.05) is 19.8 Å². The molecule has 0 radical (unpaired) electrons. The number of aliphatic hydroxyl groups excluding tert-OH is 1. The first-order chi connectivity index (χ1) is 22.3. The van der Waals surface area contributed by atoms with Crippen LogP contribution in [0.4, 0.5) is 0 Å². The Morgan fingerprint density at radius 3 is 2.20 bits per heavy atom. The molecule has 10 heteroatoms. The lowest BCUT2D eigenvalue weighted by Gasteiger charge is -2.33. The van der Waals surface area contributed by atoms with Crippen LogP contribution in [0.2, 0.25) is 0 Å². The summed E-state index contributed by atoms with van der Waals surface area (Å²) in [6.07, 6.45) is 26.6. The number of amides is 1. The Morgan fingerprint density at radius 1 is 0.826 bits per heavy atom. The van der Waals surface area contributed by atoms with Gasteiger partial charge in [-0.1, -0.05) is 82.2 Å². The number of rotatable bonds is 22. The van der Waals surface area contributed by atoms with Crippen molar-refractivity contribution < 1.29 is 38.4 Å². The van der Waals surface area contributed by atoms with Crippen molar-refractivity contribution in [3.8, 4) is 0 Å². The van der Waals surface area contributed by atoms with Gasteiger partial charge in [0.2, 0.25) is 0 Å². The van der Waals surface area contributed by atoms with Crippen LogP contribution in [-0.2, 0) is 28.7 Å². The number of nitrogens with zero attached hydrogens (tertiary/aromatic N) is 1. The largest absolute Gasteiger partial charge is 0.464 e. The van der Waals surface area contributed by atoms with E-state index in [9.17, 15) is 24.0 Å². The lowest BCUT2D eigenvalue weighted by atomic mass is 10.0. The van der Waals surface area contributed by atoms with E-state index < -0.39 is 23.0 Å². The highest BCUT2D eigenvalue weighted by molar-refractivity contribution is 8.10. The zero-order valence-electron chi connectivity index (χ0n) is 28.2. The average Bonchev–Trinajstić information content (AvgIpc) is 3.08. The van der Waals surface area contributed by atoms with E-state index >= 15 is 0 Å². The smallest absolute Gasteiger partial charge is 0.328 e. The second-order valence-corrected chi connectivity index (χ2v) is 11.7. The van der Waals surface area contributed by atoms with E-state index in [0.29, 0.717) is 44.4 Å². The number of ether oxygens (including phenoxy) is 1. The van der Waals surface area contributed by atoms with Crippen LogP contribution >= 0.6 is 12.0 Å². The summed E-state index contributed by atoms with van der Waals surface area (Å²) >= 11 is -0.177. The number of piperidine rings is 1. The summed E-state index contributed by atoms with van der Waals surface area (Å²) in [4.78, 5) is 61.4. The summed E-state index contributed by atoms with van der Waals surface area (Å²) in [6, 6.07) is -0.890. The lowest BCUT2D eigenvalue weighted by molar-refractivity contribution is -0.158. The van der Waals surface area contributed by atoms with Crippen LogP contribution in [0.5, 0.6) is 0 Å². The molecule has 1 aliphatic heterocycles. The standard InChI is InChI=1S/C34H51NO8S.C2H6/c1-28(27-36)19-13-10-8-6-4-2-3-5-7-9-11-14-20-29(37)21-15-12-16-22-30(38)24-26-43-33(40)31-23-17-18-25-35(31)32(39)34(41)44-42;1-2/h2-5,7,9,12,16,28,31,36,42H,6,8,10-11,13-15,17-27H2,1H3;1-2H3/b4-2+,5-3+,9-7+,16-12+;/t28-,31+;/m1./s1. The monoisotopic (exact) mass is 663 g/mol. The Morgan fingerprint density at radius 2 is 1.52 bits per heavy atom. The minimum atomic E-state index is -1.04. The number of carbonyl (C=O) groups is 5. The van der Waals surface area contributed by atoms with E-state index in [4.69, 9.17) is 14.4 Å². The first-order valence-corrected chi connectivity index (χ1v) is 17.7. The number of hydrogen-bond acceptors (Lipinski definition) is 9.